The quantitative estimate of drug-likeness (QED) is 0.878. The fourth-order valence-electron chi connectivity index (χ4n) is 2.26. The van der Waals surface area contributed by atoms with Crippen LogP contribution in [0.4, 0.5) is 4.79 Å². The van der Waals surface area contributed by atoms with Gasteiger partial charge in [-0.05, 0) is 24.5 Å². The minimum Gasteiger partial charge on any atom is -0.469 e. The number of rotatable bonds is 5. The molecule has 4 nitrogen and oxygen atoms in total. The molecule has 2 aromatic rings. The molecule has 0 radical (unpaired) electrons. The second-order valence-corrected chi connectivity index (χ2v) is 5.46. The van der Waals surface area contributed by atoms with Gasteiger partial charge in [0.1, 0.15) is 5.76 Å². The van der Waals surface area contributed by atoms with Crippen molar-refractivity contribution in [1.29, 1.82) is 0 Å². The molecule has 2 rings (SSSR count). The van der Waals surface area contributed by atoms with Crippen molar-refractivity contribution in [3.8, 4) is 0 Å². The third kappa shape index (κ3) is 4.12. The highest BCUT2D eigenvalue weighted by atomic mass is 16.3. The SMILES string of the molecule is Cc1occc1CNC(=O)NC(c1ccccc1)C(C)C. The second kappa shape index (κ2) is 6.97. The molecule has 21 heavy (non-hydrogen) atoms. The summed E-state index contributed by atoms with van der Waals surface area (Å²) in [5, 5.41) is 5.90. The summed E-state index contributed by atoms with van der Waals surface area (Å²) in [5.74, 6) is 1.15. The van der Waals surface area contributed by atoms with Crippen LogP contribution in [-0.4, -0.2) is 6.03 Å². The van der Waals surface area contributed by atoms with Crippen molar-refractivity contribution in [2.45, 2.75) is 33.4 Å². The molecule has 1 unspecified atom stereocenters. The predicted octanol–water partition coefficient (Wildman–Crippen LogP) is 3.78. The van der Waals surface area contributed by atoms with Gasteiger partial charge >= 0.3 is 6.03 Å². The summed E-state index contributed by atoms with van der Waals surface area (Å²) in [6.07, 6.45) is 1.63. The first-order chi connectivity index (χ1) is 10.1. The molecule has 1 aromatic carbocycles. The zero-order valence-electron chi connectivity index (χ0n) is 12.7. The molecule has 0 aliphatic rings. The Morgan fingerprint density at radius 2 is 1.90 bits per heavy atom. The number of amides is 2. The lowest BCUT2D eigenvalue weighted by Gasteiger charge is -2.23. The summed E-state index contributed by atoms with van der Waals surface area (Å²) in [4.78, 5) is 12.1. The first-order valence-corrected chi connectivity index (χ1v) is 7.20. The molecule has 4 heteroatoms. The second-order valence-electron chi connectivity index (χ2n) is 5.46. The standard InChI is InChI=1S/C17H22N2O2/c1-12(2)16(14-7-5-4-6-8-14)19-17(20)18-11-15-9-10-21-13(15)3/h4-10,12,16H,11H2,1-3H3,(H2,18,19,20). The number of hydrogen-bond donors (Lipinski definition) is 2. The zero-order valence-corrected chi connectivity index (χ0v) is 12.7. The van der Waals surface area contributed by atoms with Crippen LogP contribution in [0.15, 0.2) is 47.1 Å². The molecular formula is C17H22N2O2. The Kier molecular flexibility index (Phi) is 5.04. The predicted molar refractivity (Wildman–Crippen MR) is 82.8 cm³/mol. The fraction of sp³-hybridized carbons (Fsp3) is 0.353. The molecule has 1 atom stereocenters. The molecule has 2 amide bonds. The van der Waals surface area contributed by atoms with Crippen LogP contribution < -0.4 is 10.6 Å². The molecule has 0 aliphatic heterocycles. The van der Waals surface area contributed by atoms with Crippen molar-refractivity contribution in [3.63, 3.8) is 0 Å². The van der Waals surface area contributed by atoms with Crippen molar-refractivity contribution in [2.24, 2.45) is 5.92 Å². The molecule has 0 saturated heterocycles. The van der Waals surface area contributed by atoms with Crippen molar-refractivity contribution >= 4 is 6.03 Å². The van der Waals surface area contributed by atoms with Gasteiger partial charge in [-0.25, -0.2) is 4.79 Å². The van der Waals surface area contributed by atoms with E-state index in [1.54, 1.807) is 6.26 Å². The lowest BCUT2D eigenvalue weighted by molar-refractivity contribution is 0.232. The summed E-state index contributed by atoms with van der Waals surface area (Å²) < 4.78 is 5.21. The number of furan rings is 1. The number of nitrogens with one attached hydrogen (secondary N) is 2. The van der Waals surface area contributed by atoms with Gasteiger partial charge in [0.05, 0.1) is 12.3 Å². The number of carbonyl (C=O) groups is 1. The Bertz CT molecular complexity index is 575. The van der Waals surface area contributed by atoms with Gasteiger partial charge in [0.15, 0.2) is 0 Å². The summed E-state index contributed by atoms with van der Waals surface area (Å²) in [6, 6.07) is 11.7. The van der Waals surface area contributed by atoms with Crippen molar-refractivity contribution < 1.29 is 9.21 Å². The van der Waals surface area contributed by atoms with Crippen LogP contribution in [0.25, 0.3) is 0 Å². The van der Waals surface area contributed by atoms with Gasteiger partial charge in [-0.1, -0.05) is 44.2 Å². The van der Waals surface area contributed by atoms with E-state index in [4.69, 9.17) is 4.42 Å². The summed E-state index contributed by atoms with van der Waals surface area (Å²) in [5.41, 5.74) is 2.10. The van der Waals surface area contributed by atoms with Crippen LogP contribution in [0, 0.1) is 12.8 Å². The third-order valence-electron chi connectivity index (χ3n) is 3.52. The Balaban J connectivity index is 1.94. The van der Waals surface area contributed by atoms with Gasteiger partial charge in [0, 0.05) is 12.1 Å². The number of benzene rings is 1. The highest BCUT2D eigenvalue weighted by Crippen LogP contribution is 2.21. The molecular weight excluding hydrogens is 264 g/mol. The van der Waals surface area contributed by atoms with Gasteiger partial charge in [-0.2, -0.15) is 0 Å². The summed E-state index contributed by atoms with van der Waals surface area (Å²) >= 11 is 0. The molecule has 0 spiro atoms. The average Bonchev–Trinajstić information content (AvgIpc) is 2.88. The van der Waals surface area contributed by atoms with E-state index in [2.05, 4.69) is 24.5 Å². The van der Waals surface area contributed by atoms with Crippen LogP contribution in [0.2, 0.25) is 0 Å². The van der Waals surface area contributed by atoms with E-state index in [9.17, 15) is 4.79 Å². The molecule has 0 aliphatic carbocycles. The van der Waals surface area contributed by atoms with Crippen LogP contribution >= 0.6 is 0 Å². The Labute approximate surface area is 125 Å². The van der Waals surface area contributed by atoms with Crippen LogP contribution in [0.1, 0.15) is 36.8 Å². The van der Waals surface area contributed by atoms with Gasteiger partial charge in [-0.3, -0.25) is 0 Å². The van der Waals surface area contributed by atoms with Crippen LogP contribution in [-0.2, 0) is 6.54 Å². The number of carbonyl (C=O) groups excluding carboxylic acids is 1. The maximum atomic E-state index is 12.1. The van der Waals surface area contributed by atoms with E-state index in [1.807, 2.05) is 43.3 Å². The summed E-state index contributed by atoms with van der Waals surface area (Å²) in [7, 11) is 0. The highest BCUT2D eigenvalue weighted by Gasteiger charge is 2.17. The summed E-state index contributed by atoms with van der Waals surface area (Å²) in [6.45, 7) is 6.54. The average molecular weight is 286 g/mol. The maximum Gasteiger partial charge on any atom is 0.315 e. The molecule has 0 fully saturated rings. The van der Waals surface area contributed by atoms with E-state index in [-0.39, 0.29) is 12.1 Å². The van der Waals surface area contributed by atoms with Crippen LogP contribution in [0.3, 0.4) is 0 Å². The topological polar surface area (TPSA) is 54.3 Å². The molecule has 1 heterocycles. The first kappa shape index (κ1) is 15.2. The van der Waals surface area contributed by atoms with Crippen LogP contribution in [0.5, 0.6) is 0 Å². The maximum absolute atomic E-state index is 12.1. The largest absolute Gasteiger partial charge is 0.469 e. The zero-order chi connectivity index (χ0) is 15.2. The molecule has 112 valence electrons. The molecule has 2 N–H and O–H groups in total. The highest BCUT2D eigenvalue weighted by molar-refractivity contribution is 5.74. The van der Waals surface area contributed by atoms with Gasteiger partial charge in [-0.15, -0.1) is 0 Å². The van der Waals surface area contributed by atoms with Gasteiger partial charge < -0.3 is 15.1 Å². The first-order valence-electron chi connectivity index (χ1n) is 7.20. The lowest BCUT2D eigenvalue weighted by atomic mass is 9.96. The van der Waals surface area contributed by atoms with E-state index >= 15 is 0 Å². The monoisotopic (exact) mass is 286 g/mol. The lowest BCUT2D eigenvalue weighted by Crippen LogP contribution is -2.39. The van der Waals surface area contributed by atoms with E-state index in [1.165, 1.54) is 0 Å². The van der Waals surface area contributed by atoms with E-state index in [0.717, 1.165) is 16.9 Å². The van der Waals surface area contributed by atoms with Crippen molar-refractivity contribution in [3.05, 3.63) is 59.5 Å². The van der Waals surface area contributed by atoms with Gasteiger partial charge in [0.2, 0.25) is 0 Å². The van der Waals surface area contributed by atoms with E-state index in [0.29, 0.717) is 12.5 Å². The smallest absolute Gasteiger partial charge is 0.315 e. The number of urea groups is 1. The Morgan fingerprint density at radius 3 is 2.48 bits per heavy atom. The normalized spacial score (nSPS) is 12.2. The number of aryl methyl sites for hydroxylation is 1. The van der Waals surface area contributed by atoms with Crippen molar-refractivity contribution in [2.75, 3.05) is 0 Å². The third-order valence-corrected chi connectivity index (χ3v) is 3.52. The Morgan fingerprint density at radius 1 is 1.19 bits per heavy atom. The Hall–Kier alpha value is -2.23. The van der Waals surface area contributed by atoms with Crippen molar-refractivity contribution in [1.82, 2.24) is 10.6 Å². The number of hydrogen-bond acceptors (Lipinski definition) is 2. The molecule has 0 saturated carbocycles. The van der Waals surface area contributed by atoms with E-state index < -0.39 is 0 Å². The van der Waals surface area contributed by atoms with Gasteiger partial charge in [0.25, 0.3) is 0 Å². The fourth-order valence-corrected chi connectivity index (χ4v) is 2.26. The minimum absolute atomic E-state index is 0.00310. The minimum atomic E-state index is -0.168. The molecule has 0 bridgehead atoms. The molecule has 1 aromatic heterocycles.